The minimum absolute atomic E-state index is 0.609. The van der Waals surface area contributed by atoms with E-state index in [1.165, 1.54) is 5.56 Å². The quantitative estimate of drug-likeness (QED) is 0.444. The van der Waals surface area contributed by atoms with Crippen LogP contribution in [0.1, 0.15) is 24.7 Å². The number of hydrogen-bond donors (Lipinski definition) is 0. The van der Waals surface area contributed by atoms with Crippen LogP contribution in [0.15, 0.2) is 59.8 Å². The van der Waals surface area contributed by atoms with Gasteiger partial charge < -0.3 is 4.57 Å². The summed E-state index contributed by atoms with van der Waals surface area (Å²) in [6, 6.07) is 18.2. The Morgan fingerprint density at radius 2 is 1.82 bits per heavy atom. The Kier molecular flexibility index (Phi) is 5.48. The number of nitrogens with zero attached hydrogens (tertiary/aromatic N) is 7. The van der Waals surface area contributed by atoms with Crippen LogP contribution in [0.4, 0.5) is 0 Å². The molecule has 0 aliphatic rings. The van der Waals surface area contributed by atoms with Crippen LogP contribution in [0.25, 0.3) is 17.1 Å². The smallest absolute Gasteiger partial charge is 0.191 e. The van der Waals surface area contributed by atoms with Gasteiger partial charge in [-0.1, -0.05) is 60.6 Å². The van der Waals surface area contributed by atoms with Gasteiger partial charge in [-0.3, -0.25) is 0 Å². The highest BCUT2D eigenvalue weighted by Crippen LogP contribution is 2.27. The minimum atomic E-state index is 0.609. The van der Waals surface area contributed by atoms with Crippen molar-refractivity contribution in [3.8, 4) is 17.1 Å². The number of tetrazole rings is 1. The molecule has 0 bridgehead atoms. The third-order valence-electron chi connectivity index (χ3n) is 4.31. The van der Waals surface area contributed by atoms with Crippen molar-refractivity contribution in [3.05, 3.63) is 66.0 Å². The maximum absolute atomic E-state index is 4.46. The summed E-state index contributed by atoms with van der Waals surface area (Å²) in [5, 5.41) is 21.9. The molecular weight excluding hydrogens is 370 g/mol. The van der Waals surface area contributed by atoms with E-state index in [1.807, 2.05) is 30.3 Å². The minimum Gasteiger partial charge on any atom is -0.302 e. The van der Waals surface area contributed by atoms with Crippen LogP contribution in [-0.4, -0.2) is 35.0 Å². The van der Waals surface area contributed by atoms with Crippen LogP contribution in [0.5, 0.6) is 0 Å². The van der Waals surface area contributed by atoms with Crippen LogP contribution in [-0.2, 0) is 12.3 Å². The van der Waals surface area contributed by atoms with Gasteiger partial charge in [-0.25, -0.2) is 0 Å². The van der Waals surface area contributed by atoms with Gasteiger partial charge in [0.2, 0.25) is 0 Å². The zero-order valence-electron chi connectivity index (χ0n) is 15.9. The standard InChI is InChI=1S/C20H21N7S/c1-3-12-26-19(16-9-7-8-15(2)13-16)22-23-20(26)28-14-18-21-24-25-27(18)17-10-5-4-6-11-17/h4-11,13H,3,12,14H2,1-2H3. The summed E-state index contributed by atoms with van der Waals surface area (Å²) in [6.07, 6.45) is 1.01. The van der Waals surface area contributed by atoms with E-state index in [0.717, 1.165) is 41.0 Å². The number of thioether (sulfide) groups is 1. The average molecular weight is 392 g/mol. The zero-order chi connectivity index (χ0) is 19.3. The molecule has 0 spiro atoms. The third kappa shape index (κ3) is 3.82. The molecule has 4 aromatic rings. The summed E-state index contributed by atoms with van der Waals surface area (Å²) < 4.78 is 3.94. The summed E-state index contributed by atoms with van der Waals surface area (Å²) >= 11 is 1.60. The topological polar surface area (TPSA) is 74.3 Å². The predicted molar refractivity (Wildman–Crippen MR) is 109 cm³/mol. The summed E-state index contributed by atoms with van der Waals surface area (Å²) in [4.78, 5) is 0. The molecule has 2 heterocycles. The van der Waals surface area contributed by atoms with E-state index < -0.39 is 0 Å². The fourth-order valence-electron chi connectivity index (χ4n) is 3.01. The van der Waals surface area contributed by atoms with Crippen molar-refractivity contribution >= 4 is 11.8 Å². The molecule has 7 nitrogen and oxygen atoms in total. The Hall–Kier alpha value is -3.00. The van der Waals surface area contributed by atoms with Crippen molar-refractivity contribution in [1.29, 1.82) is 0 Å². The largest absolute Gasteiger partial charge is 0.302 e. The second kappa shape index (κ2) is 8.35. The van der Waals surface area contributed by atoms with Gasteiger partial charge in [0.1, 0.15) is 0 Å². The molecule has 142 valence electrons. The van der Waals surface area contributed by atoms with Crippen molar-refractivity contribution < 1.29 is 0 Å². The van der Waals surface area contributed by atoms with E-state index in [4.69, 9.17) is 0 Å². The lowest BCUT2D eigenvalue weighted by atomic mass is 10.1. The maximum Gasteiger partial charge on any atom is 0.191 e. The van der Waals surface area contributed by atoms with Crippen molar-refractivity contribution in [2.75, 3.05) is 0 Å². The van der Waals surface area contributed by atoms with Gasteiger partial charge in [0.15, 0.2) is 16.8 Å². The molecule has 0 saturated heterocycles. The van der Waals surface area contributed by atoms with Gasteiger partial charge in [-0.2, -0.15) is 4.68 Å². The van der Waals surface area contributed by atoms with Crippen LogP contribution in [0.3, 0.4) is 0 Å². The van der Waals surface area contributed by atoms with Gasteiger partial charge in [-0.05, 0) is 42.0 Å². The maximum atomic E-state index is 4.46. The van der Waals surface area contributed by atoms with Crippen molar-refractivity contribution in [3.63, 3.8) is 0 Å². The molecular formula is C20H21N7S. The highest BCUT2D eigenvalue weighted by atomic mass is 32.2. The van der Waals surface area contributed by atoms with E-state index in [9.17, 15) is 0 Å². The molecule has 28 heavy (non-hydrogen) atoms. The fraction of sp³-hybridized carbons (Fsp3) is 0.250. The van der Waals surface area contributed by atoms with Crippen molar-refractivity contribution in [2.24, 2.45) is 0 Å². The molecule has 0 amide bonds. The number of rotatable bonds is 7. The van der Waals surface area contributed by atoms with Gasteiger partial charge in [0, 0.05) is 12.1 Å². The Balaban J connectivity index is 1.59. The lowest BCUT2D eigenvalue weighted by Crippen LogP contribution is -2.04. The van der Waals surface area contributed by atoms with E-state index in [2.05, 4.69) is 68.4 Å². The molecule has 8 heteroatoms. The van der Waals surface area contributed by atoms with E-state index in [-0.39, 0.29) is 0 Å². The molecule has 0 saturated carbocycles. The highest BCUT2D eigenvalue weighted by Gasteiger charge is 2.16. The van der Waals surface area contributed by atoms with Crippen molar-refractivity contribution in [2.45, 2.75) is 37.7 Å². The van der Waals surface area contributed by atoms with Crippen LogP contribution < -0.4 is 0 Å². The van der Waals surface area contributed by atoms with E-state index in [1.54, 1.807) is 16.4 Å². The Morgan fingerprint density at radius 3 is 2.61 bits per heavy atom. The first-order valence-corrected chi connectivity index (χ1v) is 10.2. The van der Waals surface area contributed by atoms with Crippen LogP contribution >= 0.6 is 11.8 Å². The highest BCUT2D eigenvalue weighted by molar-refractivity contribution is 7.98. The number of aryl methyl sites for hydroxylation is 1. The lowest BCUT2D eigenvalue weighted by Gasteiger charge is -2.09. The molecule has 0 atom stereocenters. The van der Waals surface area contributed by atoms with Gasteiger partial charge in [0.25, 0.3) is 0 Å². The Morgan fingerprint density at radius 1 is 0.964 bits per heavy atom. The Labute approximate surface area is 167 Å². The number of aromatic nitrogens is 7. The predicted octanol–water partition coefficient (Wildman–Crippen LogP) is 3.93. The summed E-state index contributed by atoms with van der Waals surface area (Å²) in [7, 11) is 0. The normalized spacial score (nSPS) is 11.1. The third-order valence-corrected chi connectivity index (χ3v) is 5.27. The monoisotopic (exact) mass is 391 g/mol. The Bertz CT molecular complexity index is 1060. The van der Waals surface area contributed by atoms with Gasteiger partial charge in [0.05, 0.1) is 11.4 Å². The van der Waals surface area contributed by atoms with Gasteiger partial charge in [-0.15, -0.1) is 15.3 Å². The first kappa shape index (κ1) is 18.4. The molecule has 0 aliphatic carbocycles. The summed E-state index contributed by atoms with van der Waals surface area (Å²) in [5.74, 6) is 2.28. The molecule has 0 radical (unpaired) electrons. The molecule has 0 aliphatic heterocycles. The molecule has 2 aromatic carbocycles. The zero-order valence-corrected chi connectivity index (χ0v) is 16.7. The fourth-order valence-corrected chi connectivity index (χ4v) is 3.88. The van der Waals surface area contributed by atoms with E-state index in [0.29, 0.717) is 5.75 Å². The van der Waals surface area contributed by atoms with Gasteiger partial charge >= 0.3 is 0 Å². The average Bonchev–Trinajstić information content (AvgIpc) is 3.34. The first-order chi connectivity index (χ1) is 13.8. The molecule has 0 fully saturated rings. The summed E-state index contributed by atoms with van der Waals surface area (Å²) in [6.45, 7) is 5.11. The molecule has 0 unspecified atom stereocenters. The molecule has 0 N–H and O–H groups in total. The second-order valence-electron chi connectivity index (χ2n) is 6.46. The second-order valence-corrected chi connectivity index (χ2v) is 7.40. The summed E-state index contributed by atoms with van der Waals surface area (Å²) in [5.41, 5.74) is 3.24. The first-order valence-electron chi connectivity index (χ1n) is 9.22. The number of para-hydroxylation sites is 1. The van der Waals surface area contributed by atoms with E-state index >= 15 is 0 Å². The number of benzene rings is 2. The van der Waals surface area contributed by atoms with Crippen LogP contribution in [0.2, 0.25) is 0 Å². The van der Waals surface area contributed by atoms with Crippen molar-refractivity contribution in [1.82, 2.24) is 35.0 Å². The molecule has 2 aromatic heterocycles. The number of hydrogen-bond acceptors (Lipinski definition) is 6. The SMILES string of the molecule is CCCn1c(SCc2nnnn2-c2ccccc2)nnc1-c1cccc(C)c1. The molecule has 4 rings (SSSR count). The lowest BCUT2D eigenvalue weighted by molar-refractivity contribution is 0.626. The van der Waals surface area contributed by atoms with Crippen LogP contribution in [0, 0.1) is 6.92 Å².